The van der Waals surface area contributed by atoms with Gasteiger partial charge in [-0.1, -0.05) is 6.42 Å². The largest absolute Gasteiger partial charge is 0.509 e. The van der Waals surface area contributed by atoms with Crippen molar-refractivity contribution in [3.05, 3.63) is 0 Å². The highest BCUT2D eigenvalue weighted by atomic mass is 16.7. The van der Waals surface area contributed by atoms with Crippen molar-refractivity contribution in [1.82, 2.24) is 0 Å². The van der Waals surface area contributed by atoms with Gasteiger partial charge in [0, 0.05) is 0 Å². The Balaban J connectivity index is 2.05. The van der Waals surface area contributed by atoms with E-state index in [1.165, 1.54) is 19.3 Å². The van der Waals surface area contributed by atoms with Crippen molar-refractivity contribution in [1.29, 1.82) is 0 Å². The molecule has 0 aromatic heterocycles. The summed E-state index contributed by atoms with van der Waals surface area (Å²) in [7, 11) is 0. The van der Waals surface area contributed by atoms with E-state index in [-0.39, 0.29) is 12.7 Å². The highest BCUT2D eigenvalue weighted by Gasteiger charge is 2.12. The van der Waals surface area contributed by atoms with E-state index in [4.69, 9.17) is 4.74 Å². The number of ether oxygens (including phenoxy) is 3. The molecule has 0 aliphatic heterocycles. The lowest BCUT2D eigenvalue weighted by Gasteiger charge is -2.18. The average molecular weight is 226 g/mol. The SMILES string of the molecule is CCOC(=O)OCC#COC1CCCCC1. The van der Waals surface area contributed by atoms with Crippen LogP contribution in [0.1, 0.15) is 39.0 Å². The smallest absolute Gasteiger partial charge is 0.443 e. The van der Waals surface area contributed by atoms with Gasteiger partial charge in [-0.3, -0.25) is 0 Å². The standard InChI is InChI=1S/C12H18O4/c1-2-14-12(13)16-10-6-9-15-11-7-4-3-5-8-11/h11H,2-5,7-8,10H2,1H3. The number of rotatable bonds is 3. The molecular formula is C12H18O4. The van der Waals surface area contributed by atoms with E-state index in [1.54, 1.807) is 6.92 Å². The third-order valence-electron chi connectivity index (χ3n) is 2.37. The Bertz CT molecular complexity index is 258. The normalized spacial score (nSPS) is 15.8. The topological polar surface area (TPSA) is 44.8 Å². The fourth-order valence-corrected chi connectivity index (χ4v) is 1.59. The van der Waals surface area contributed by atoms with Gasteiger partial charge in [0.25, 0.3) is 0 Å². The summed E-state index contributed by atoms with van der Waals surface area (Å²) in [5.41, 5.74) is 0. The Labute approximate surface area is 96.2 Å². The molecular weight excluding hydrogens is 208 g/mol. The molecule has 0 amide bonds. The van der Waals surface area contributed by atoms with Crippen LogP contribution >= 0.6 is 0 Å². The van der Waals surface area contributed by atoms with Crippen LogP contribution in [0.5, 0.6) is 0 Å². The Hall–Kier alpha value is -1.37. The molecule has 0 unspecified atom stereocenters. The summed E-state index contributed by atoms with van der Waals surface area (Å²) in [5, 5.41) is 0. The Morgan fingerprint density at radius 3 is 2.69 bits per heavy atom. The van der Waals surface area contributed by atoms with Crippen molar-refractivity contribution in [2.45, 2.75) is 45.1 Å². The van der Waals surface area contributed by atoms with E-state index in [2.05, 4.69) is 21.5 Å². The summed E-state index contributed by atoms with van der Waals surface area (Å²) < 4.78 is 14.6. The van der Waals surface area contributed by atoms with Gasteiger partial charge in [0.2, 0.25) is 0 Å². The lowest BCUT2D eigenvalue weighted by molar-refractivity contribution is 0.0682. The van der Waals surface area contributed by atoms with E-state index in [1.807, 2.05) is 0 Å². The fourth-order valence-electron chi connectivity index (χ4n) is 1.59. The monoisotopic (exact) mass is 226 g/mol. The van der Waals surface area contributed by atoms with Crippen LogP contribution in [-0.4, -0.2) is 25.5 Å². The zero-order chi connectivity index (χ0) is 11.6. The maximum Gasteiger partial charge on any atom is 0.509 e. The van der Waals surface area contributed by atoms with Crippen molar-refractivity contribution in [2.24, 2.45) is 0 Å². The van der Waals surface area contributed by atoms with Crippen LogP contribution in [0.15, 0.2) is 0 Å². The van der Waals surface area contributed by atoms with Gasteiger partial charge in [0.1, 0.15) is 12.2 Å². The molecule has 0 heterocycles. The fraction of sp³-hybridized carbons (Fsp3) is 0.750. The first-order chi connectivity index (χ1) is 7.83. The molecule has 1 aliphatic carbocycles. The Kier molecular flexibility index (Phi) is 6.24. The Morgan fingerprint density at radius 1 is 1.25 bits per heavy atom. The van der Waals surface area contributed by atoms with Gasteiger partial charge in [0.15, 0.2) is 6.61 Å². The zero-order valence-electron chi connectivity index (χ0n) is 9.66. The molecule has 0 aromatic carbocycles. The molecule has 1 saturated carbocycles. The molecule has 4 heteroatoms. The molecule has 0 spiro atoms. The summed E-state index contributed by atoms with van der Waals surface area (Å²) in [6, 6.07) is 0. The first-order valence-corrected chi connectivity index (χ1v) is 5.76. The van der Waals surface area contributed by atoms with E-state index in [9.17, 15) is 4.79 Å². The lowest BCUT2D eigenvalue weighted by Crippen LogP contribution is -2.14. The van der Waals surface area contributed by atoms with Crippen LogP contribution in [0.2, 0.25) is 0 Å². The first kappa shape index (κ1) is 12.7. The summed E-state index contributed by atoms with van der Waals surface area (Å²) in [4.78, 5) is 10.8. The van der Waals surface area contributed by atoms with Gasteiger partial charge in [-0.25, -0.2) is 4.79 Å². The summed E-state index contributed by atoms with van der Waals surface area (Å²) in [6.45, 7) is 2.05. The molecule has 1 fully saturated rings. The maximum atomic E-state index is 10.8. The average Bonchev–Trinajstić information content (AvgIpc) is 2.30. The van der Waals surface area contributed by atoms with Crippen molar-refractivity contribution in [3.8, 4) is 12.0 Å². The lowest BCUT2D eigenvalue weighted by atomic mass is 9.98. The minimum absolute atomic E-state index is 0.0194. The molecule has 1 rings (SSSR count). The van der Waals surface area contributed by atoms with Gasteiger partial charge >= 0.3 is 6.16 Å². The number of carbonyl (C=O) groups is 1. The number of hydrogen-bond acceptors (Lipinski definition) is 4. The Morgan fingerprint density at radius 2 is 2.00 bits per heavy atom. The third kappa shape index (κ3) is 5.50. The molecule has 1 aliphatic rings. The molecule has 16 heavy (non-hydrogen) atoms. The van der Waals surface area contributed by atoms with Crippen LogP contribution in [0, 0.1) is 12.0 Å². The van der Waals surface area contributed by atoms with Gasteiger partial charge in [-0.2, -0.15) is 0 Å². The second-order valence-corrected chi connectivity index (χ2v) is 3.63. The van der Waals surface area contributed by atoms with Crippen LogP contribution < -0.4 is 0 Å². The van der Waals surface area contributed by atoms with Crippen LogP contribution in [0.3, 0.4) is 0 Å². The number of carbonyl (C=O) groups excluding carboxylic acids is 1. The third-order valence-corrected chi connectivity index (χ3v) is 2.37. The van der Waals surface area contributed by atoms with Gasteiger partial charge < -0.3 is 14.2 Å². The molecule has 0 saturated heterocycles. The van der Waals surface area contributed by atoms with Crippen molar-refractivity contribution in [3.63, 3.8) is 0 Å². The highest BCUT2D eigenvalue weighted by molar-refractivity contribution is 5.59. The number of hydrogen-bond donors (Lipinski definition) is 0. The van der Waals surface area contributed by atoms with Crippen molar-refractivity contribution >= 4 is 6.16 Å². The van der Waals surface area contributed by atoms with E-state index in [0.717, 1.165) is 12.8 Å². The first-order valence-electron chi connectivity index (χ1n) is 5.76. The quantitative estimate of drug-likeness (QED) is 0.547. The molecule has 90 valence electrons. The molecule has 0 N–H and O–H groups in total. The van der Waals surface area contributed by atoms with Crippen molar-refractivity contribution in [2.75, 3.05) is 13.2 Å². The van der Waals surface area contributed by atoms with Crippen LogP contribution in [0.25, 0.3) is 0 Å². The van der Waals surface area contributed by atoms with Gasteiger partial charge in [-0.15, -0.1) is 0 Å². The zero-order valence-corrected chi connectivity index (χ0v) is 9.66. The van der Waals surface area contributed by atoms with E-state index in [0.29, 0.717) is 6.61 Å². The molecule has 0 bridgehead atoms. The predicted molar refractivity (Wildman–Crippen MR) is 58.7 cm³/mol. The highest BCUT2D eigenvalue weighted by Crippen LogP contribution is 2.19. The van der Waals surface area contributed by atoms with E-state index >= 15 is 0 Å². The van der Waals surface area contributed by atoms with Crippen LogP contribution in [-0.2, 0) is 14.2 Å². The maximum absolute atomic E-state index is 10.8. The van der Waals surface area contributed by atoms with Gasteiger partial charge in [-0.05, 0) is 38.5 Å². The summed E-state index contributed by atoms with van der Waals surface area (Å²) in [5.74, 6) is 2.63. The second-order valence-electron chi connectivity index (χ2n) is 3.63. The molecule has 0 aromatic rings. The predicted octanol–water partition coefficient (Wildman–Crippen LogP) is 2.47. The summed E-state index contributed by atoms with van der Waals surface area (Å²) in [6.07, 6.45) is 8.01. The molecule has 0 atom stereocenters. The molecule has 4 nitrogen and oxygen atoms in total. The minimum atomic E-state index is -0.686. The van der Waals surface area contributed by atoms with Crippen LogP contribution in [0.4, 0.5) is 4.79 Å². The van der Waals surface area contributed by atoms with Crippen molar-refractivity contribution < 1.29 is 19.0 Å². The summed E-state index contributed by atoms with van der Waals surface area (Å²) >= 11 is 0. The minimum Gasteiger partial charge on any atom is -0.443 e. The second kappa shape index (κ2) is 7.86. The van der Waals surface area contributed by atoms with Gasteiger partial charge in [0.05, 0.1) is 6.61 Å². The van der Waals surface area contributed by atoms with E-state index < -0.39 is 6.16 Å². The molecule has 0 radical (unpaired) electrons.